The number of amides is 1. The van der Waals surface area contributed by atoms with Gasteiger partial charge in [0.2, 0.25) is 0 Å². The lowest BCUT2D eigenvalue weighted by Crippen LogP contribution is -2.06. The van der Waals surface area contributed by atoms with Crippen LogP contribution in [0.1, 0.15) is 11.1 Å². The van der Waals surface area contributed by atoms with Crippen LogP contribution in [0.5, 0.6) is 0 Å². The largest absolute Gasteiger partial charge is 0.359 e. The second kappa shape index (κ2) is 3.72. The summed E-state index contributed by atoms with van der Waals surface area (Å²) in [6, 6.07) is 4.20. The van der Waals surface area contributed by atoms with Gasteiger partial charge in [0.25, 0.3) is 5.91 Å². The second-order valence-electron chi connectivity index (χ2n) is 2.57. The zero-order chi connectivity index (χ0) is 9.84. The molecule has 0 atom stereocenters. The number of halogens is 1. The molecule has 1 aromatic rings. The number of primary amides is 1. The fourth-order valence-electron chi connectivity index (χ4n) is 0.858. The van der Waals surface area contributed by atoms with Gasteiger partial charge in [-0.05, 0) is 30.5 Å². The SMILES string of the molecule is Cc1ccc(F)cc1C#CC(N)=O. The maximum atomic E-state index is 12.7. The molecular weight excluding hydrogens is 169 g/mol. The van der Waals surface area contributed by atoms with E-state index in [0.29, 0.717) is 5.56 Å². The van der Waals surface area contributed by atoms with Crippen LogP contribution in [-0.2, 0) is 4.79 Å². The van der Waals surface area contributed by atoms with Gasteiger partial charge in [-0.25, -0.2) is 4.39 Å². The lowest BCUT2D eigenvalue weighted by molar-refractivity contribution is -0.112. The molecule has 2 nitrogen and oxygen atoms in total. The van der Waals surface area contributed by atoms with Gasteiger partial charge in [-0.3, -0.25) is 4.79 Å². The average Bonchev–Trinajstić information content (AvgIpc) is 2.06. The smallest absolute Gasteiger partial charge is 0.293 e. The van der Waals surface area contributed by atoms with Crippen molar-refractivity contribution in [2.45, 2.75) is 6.92 Å². The van der Waals surface area contributed by atoms with Crippen LogP contribution in [0.25, 0.3) is 0 Å². The Kier molecular flexibility index (Phi) is 2.65. The molecule has 1 amide bonds. The van der Waals surface area contributed by atoms with Crippen molar-refractivity contribution in [2.75, 3.05) is 0 Å². The van der Waals surface area contributed by atoms with E-state index in [1.807, 2.05) is 0 Å². The van der Waals surface area contributed by atoms with E-state index in [1.165, 1.54) is 12.1 Å². The fraction of sp³-hybridized carbons (Fsp3) is 0.100. The van der Waals surface area contributed by atoms with E-state index in [-0.39, 0.29) is 5.82 Å². The number of carbonyl (C=O) groups excluding carboxylic acids is 1. The highest BCUT2D eigenvalue weighted by molar-refractivity contribution is 5.92. The minimum Gasteiger partial charge on any atom is -0.359 e. The van der Waals surface area contributed by atoms with Crippen molar-refractivity contribution in [2.24, 2.45) is 5.73 Å². The van der Waals surface area contributed by atoms with Crippen molar-refractivity contribution in [3.8, 4) is 11.8 Å². The number of hydrogen-bond donors (Lipinski definition) is 1. The molecule has 0 aromatic heterocycles. The van der Waals surface area contributed by atoms with Crippen LogP contribution in [0.3, 0.4) is 0 Å². The molecule has 3 heteroatoms. The molecular formula is C10H8FNO. The lowest BCUT2D eigenvalue weighted by atomic mass is 10.1. The van der Waals surface area contributed by atoms with Crippen molar-refractivity contribution in [1.29, 1.82) is 0 Å². The van der Waals surface area contributed by atoms with E-state index < -0.39 is 5.91 Å². The van der Waals surface area contributed by atoms with Crippen molar-refractivity contribution in [3.05, 3.63) is 35.1 Å². The first-order valence-corrected chi connectivity index (χ1v) is 3.67. The summed E-state index contributed by atoms with van der Waals surface area (Å²) in [4.78, 5) is 10.3. The molecule has 0 aliphatic rings. The van der Waals surface area contributed by atoms with Crippen LogP contribution in [0, 0.1) is 24.6 Å². The van der Waals surface area contributed by atoms with E-state index in [1.54, 1.807) is 13.0 Å². The zero-order valence-corrected chi connectivity index (χ0v) is 7.10. The Bertz CT molecular complexity index is 401. The number of carbonyl (C=O) groups is 1. The van der Waals surface area contributed by atoms with Gasteiger partial charge in [0.15, 0.2) is 0 Å². The Morgan fingerprint density at radius 1 is 1.54 bits per heavy atom. The Labute approximate surface area is 75.6 Å². The molecule has 0 radical (unpaired) electrons. The van der Waals surface area contributed by atoms with E-state index in [2.05, 4.69) is 11.8 Å². The van der Waals surface area contributed by atoms with Crippen molar-refractivity contribution in [3.63, 3.8) is 0 Å². The monoisotopic (exact) mass is 177 g/mol. The number of rotatable bonds is 0. The average molecular weight is 177 g/mol. The highest BCUT2D eigenvalue weighted by atomic mass is 19.1. The van der Waals surface area contributed by atoms with Gasteiger partial charge in [-0.1, -0.05) is 12.0 Å². The van der Waals surface area contributed by atoms with Crippen LogP contribution >= 0.6 is 0 Å². The summed E-state index contributed by atoms with van der Waals surface area (Å²) >= 11 is 0. The highest BCUT2D eigenvalue weighted by Gasteiger charge is 1.96. The summed E-state index contributed by atoms with van der Waals surface area (Å²) in [5.74, 6) is 3.55. The molecule has 0 saturated carbocycles. The molecule has 1 rings (SSSR count). The van der Waals surface area contributed by atoms with Gasteiger partial charge in [0.1, 0.15) is 5.82 Å². The Morgan fingerprint density at radius 2 is 2.23 bits per heavy atom. The third kappa shape index (κ3) is 2.60. The normalized spacial score (nSPS) is 8.77. The van der Waals surface area contributed by atoms with Gasteiger partial charge in [-0.2, -0.15) is 0 Å². The molecule has 0 heterocycles. The molecule has 0 saturated heterocycles. The highest BCUT2D eigenvalue weighted by Crippen LogP contribution is 2.08. The maximum absolute atomic E-state index is 12.7. The van der Waals surface area contributed by atoms with Crippen molar-refractivity contribution in [1.82, 2.24) is 0 Å². The van der Waals surface area contributed by atoms with E-state index in [4.69, 9.17) is 5.73 Å². The van der Waals surface area contributed by atoms with Crippen LogP contribution in [0.2, 0.25) is 0 Å². The predicted octanol–water partition coefficient (Wildman–Crippen LogP) is 0.971. The molecule has 0 aliphatic carbocycles. The first-order valence-electron chi connectivity index (χ1n) is 3.67. The van der Waals surface area contributed by atoms with E-state index >= 15 is 0 Å². The molecule has 0 spiro atoms. The van der Waals surface area contributed by atoms with Gasteiger partial charge in [-0.15, -0.1) is 0 Å². The molecule has 1 aromatic carbocycles. The van der Waals surface area contributed by atoms with Crippen LogP contribution in [0.15, 0.2) is 18.2 Å². The lowest BCUT2D eigenvalue weighted by Gasteiger charge is -1.96. The second-order valence-corrected chi connectivity index (χ2v) is 2.57. The minimum atomic E-state index is -0.719. The topological polar surface area (TPSA) is 43.1 Å². The van der Waals surface area contributed by atoms with Crippen molar-refractivity contribution < 1.29 is 9.18 Å². The summed E-state index contributed by atoms with van der Waals surface area (Å²) in [6.45, 7) is 1.78. The number of aryl methyl sites for hydroxylation is 1. The quantitative estimate of drug-likeness (QED) is 0.589. The number of nitrogens with two attached hydrogens (primary N) is 1. The summed E-state index contributed by atoms with van der Waals surface area (Å²) in [5.41, 5.74) is 6.12. The molecule has 2 N–H and O–H groups in total. The van der Waals surface area contributed by atoms with E-state index in [0.717, 1.165) is 5.56 Å². The minimum absolute atomic E-state index is 0.376. The first-order chi connectivity index (χ1) is 6.09. The van der Waals surface area contributed by atoms with Gasteiger partial charge >= 0.3 is 0 Å². The zero-order valence-electron chi connectivity index (χ0n) is 7.10. The third-order valence-corrected chi connectivity index (χ3v) is 1.52. The Morgan fingerprint density at radius 3 is 2.85 bits per heavy atom. The molecule has 0 fully saturated rings. The number of benzene rings is 1. The van der Waals surface area contributed by atoms with Crippen LogP contribution in [0.4, 0.5) is 4.39 Å². The standard InChI is InChI=1S/C10H8FNO/c1-7-2-4-9(11)6-8(7)3-5-10(12)13/h2,4,6H,1H3,(H2,12,13). The van der Waals surface area contributed by atoms with Gasteiger partial charge in [0.05, 0.1) is 0 Å². The predicted molar refractivity (Wildman–Crippen MR) is 47.2 cm³/mol. The fourth-order valence-corrected chi connectivity index (χ4v) is 0.858. The molecule has 0 bridgehead atoms. The molecule has 13 heavy (non-hydrogen) atoms. The van der Waals surface area contributed by atoms with Crippen LogP contribution in [-0.4, -0.2) is 5.91 Å². The summed E-state index contributed by atoms with van der Waals surface area (Å²) in [5, 5.41) is 0. The summed E-state index contributed by atoms with van der Waals surface area (Å²) in [7, 11) is 0. The van der Waals surface area contributed by atoms with Gasteiger partial charge in [0, 0.05) is 5.56 Å². The number of hydrogen-bond acceptors (Lipinski definition) is 1. The summed E-state index contributed by atoms with van der Waals surface area (Å²) in [6.07, 6.45) is 0. The first kappa shape index (κ1) is 9.27. The maximum Gasteiger partial charge on any atom is 0.293 e. The molecule has 0 aliphatic heterocycles. The Hall–Kier alpha value is -1.82. The Balaban J connectivity index is 3.09. The molecule has 0 unspecified atom stereocenters. The summed E-state index contributed by atoms with van der Waals surface area (Å²) < 4.78 is 12.7. The van der Waals surface area contributed by atoms with Crippen molar-refractivity contribution >= 4 is 5.91 Å². The van der Waals surface area contributed by atoms with Gasteiger partial charge < -0.3 is 5.73 Å². The van der Waals surface area contributed by atoms with E-state index in [9.17, 15) is 9.18 Å². The molecule has 66 valence electrons. The van der Waals surface area contributed by atoms with Crippen LogP contribution < -0.4 is 5.73 Å². The third-order valence-electron chi connectivity index (χ3n) is 1.52.